The highest BCUT2D eigenvalue weighted by molar-refractivity contribution is 6.02. The van der Waals surface area contributed by atoms with Gasteiger partial charge in [-0.2, -0.15) is 0 Å². The Morgan fingerprint density at radius 2 is 1.50 bits per heavy atom. The Morgan fingerprint density at radius 3 is 2.17 bits per heavy atom. The predicted octanol–water partition coefficient (Wildman–Crippen LogP) is 4.65. The van der Waals surface area contributed by atoms with Crippen molar-refractivity contribution >= 4 is 11.5 Å². The van der Waals surface area contributed by atoms with Gasteiger partial charge in [0.05, 0.1) is 0 Å². The van der Waals surface area contributed by atoms with Gasteiger partial charge in [0.15, 0.2) is 5.71 Å². The first-order valence-electron chi connectivity index (χ1n) is 8.07. The van der Waals surface area contributed by atoms with Crippen LogP contribution in [-0.2, 0) is 4.74 Å². The molecule has 24 heavy (non-hydrogen) atoms. The summed E-state index contributed by atoms with van der Waals surface area (Å²) in [6.45, 7) is 1.98. The maximum atomic E-state index is 5.86. The topological polar surface area (TPSA) is 12.2 Å². The smallest absolute Gasteiger partial charge is 0.199 e. The molecule has 1 aliphatic heterocycles. The van der Waals surface area contributed by atoms with E-state index in [-0.39, 0.29) is 0 Å². The van der Waals surface area contributed by atoms with Crippen LogP contribution in [0.5, 0.6) is 0 Å². The van der Waals surface area contributed by atoms with E-state index in [1.807, 2.05) is 39.2 Å². The van der Waals surface area contributed by atoms with Gasteiger partial charge in [0.2, 0.25) is 0 Å². The van der Waals surface area contributed by atoms with E-state index < -0.39 is 0 Å². The molecule has 2 aliphatic rings. The van der Waals surface area contributed by atoms with Crippen molar-refractivity contribution in [3.8, 4) is 0 Å². The maximum absolute atomic E-state index is 5.86. The molecule has 0 fully saturated rings. The van der Waals surface area contributed by atoms with E-state index in [1.165, 1.54) is 11.3 Å². The highest BCUT2D eigenvalue weighted by Crippen LogP contribution is 2.26. The molecule has 1 aromatic carbocycles. The minimum Gasteiger partial charge on any atom is -0.461 e. The molecule has 120 valence electrons. The fourth-order valence-corrected chi connectivity index (χ4v) is 2.58. The van der Waals surface area contributed by atoms with Gasteiger partial charge in [-0.3, -0.25) is 0 Å². The van der Waals surface area contributed by atoms with Crippen LogP contribution in [0.4, 0.5) is 0 Å². The summed E-state index contributed by atoms with van der Waals surface area (Å²) in [5.74, 6) is 1.79. The van der Waals surface area contributed by atoms with Crippen LogP contribution in [0.25, 0.3) is 5.76 Å². The zero-order valence-corrected chi connectivity index (χ0v) is 14.4. The van der Waals surface area contributed by atoms with Crippen LogP contribution in [0.1, 0.15) is 12.5 Å². The standard InChI is InChI=1S/C22H22NO/c1-17-15-19(16-22(24-17)20-7-5-4-6-8-20)10-9-18-11-13-21(14-12-18)23(2)3/h4-16H,1-3H3/q+1. The molecule has 3 rings (SSSR count). The van der Waals surface area contributed by atoms with E-state index in [2.05, 4.69) is 65.3 Å². The first-order valence-corrected chi connectivity index (χ1v) is 8.07. The van der Waals surface area contributed by atoms with E-state index in [4.69, 9.17) is 4.74 Å². The van der Waals surface area contributed by atoms with Gasteiger partial charge < -0.3 is 4.74 Å². The summed E-state index contributed by atoms with van der Waals surface area (Å²) in [7, 11) is 4.10. The molecule has 0 saturated carbocycles. The summed E-state index contributed by atoms with van der Waals surface area (Å²) in [6, 6.07) is 10.2. The van der Waals surface area contributed by atoms with E-state index in [0.29, 0.717) is 0 Å². The van der Waals surface area contributed by atoms with Crippen molar-refractivity contribution in [2.24, 2.45) is 0 Å². The van der Waals surface area contributed by atoms with Crippen molar-refractivity contribution in [3.63, 3.8) is 0 Å². The summed E-state index contributed by atoms with van der Waals surface area (Å²) in [6.07, 6.45) is 16.9. The lowest BCUT2D eigenvalue weighted by Crippen LogP contribution is -2.09. The van der Waals surface area contributed by atoms with E-state index >= 15 is 0 Å². The number of nitrogens with zero attached hydrogens (tertiary/aromatic N) is 1. The molecule has 0 unspecified atom stereocenters. The predicted molar refractivity (Wildman–Crippen MR) is 101 cm³/mol. The summed E-state index contributed by atoms with van der Waals surface area (Å²) >= 11 is 0. The summed E-state index contributed by atoms with van der Waals surface area (Å²) < 4.78 is 7.96. The first kappa shape index (κ1) is 16.0. The van der Waals surface area contributed by atoms with Crippen LogP contribution in [0.15, 0.2) is 95.8 Å². The van der Waals surface area contributed by atoms with Gasteiger partial charge in [0.25, 0.3) is 0 Å². The first-order chi connectivity index (χ1) is 11.6. The Hall–Kier alpha value is -2.87. The third-order valence-corrected chi connectivity index (χ3v) is 3.87. The second kappa shape index (κ2) is 7.14. The molecule has 0 saturated heterocycles. The van der Waals surface area contributed by atoms with E-state index in [9.17, 15) is 0 Å². The van der Waals surface area contributed by atoms with Gasteiger partial charge in [-0.1, -0.05) is 42.5 Å². The molecule has 0 bridgehead atoms. The average Bonchev–Trinajstić information content (AvgIpc) is 2.60. The molecule has 2 heteroatoms. The lowest BCUT2D eigenvalue weighted by Gasteiger charge is -2.16. The Bertz CT molecular complexity index is 821. The third-order valence-electron chi connectivity index (χ3n) is 3.87. The van der Waals surface area contributed by atoms with Crippen LogP contribution in [0.2, 0.25) is 0 Å². The van der Waals surface area contributed by atoms with Crippen molar-refractivity contribution in [2.75, 3.05) is 14.1 Å². The Labute approximate surface area is 143 Å². The Morgan fingerprint density at radius 1 is 0.833 bits per heavy atom. The second-order valence-corrected chi connectivity index (χ2v) is 6.05. The van der Waals surface area contributed by atoms with Crippen LogP contribution < -0.4 is 0 Å². The molecule has 0 radical (unpaired) electrons. The van der Waals surface area contributed by atoms with E-state index in [0.717, 1.165) is 22.7 Å². The fourth-order valence-electron chi connectivity index (χ4n) is 2.58. The number of benzene rings is 1. The fraction of sp³-hybridized carbons (Fsp3) is 0.136. The van der Waals surface area contributed by atoms with E-state index in [1.54, 1.807) is 0 Å². The van der Waals surface area contributed by atoms with Crippen molar-refractivity contribution in [1.82, 2.24) is 0 Å². The average molecular weight is 316 g/mol. The minimum absolute atomic E-state index is 0.887. The van der Waals surface area contributed by atoms with Gasteiger partial charge in [-0.05, 0) is 42.4 Å². The number of allylic oxidation sites excluding steroid dienone is 11. The Kier molecular flexibility index (Phi) is 4.76. The second-order valence-electron chi connectivity index (χ2n) is 6.05. The van der Waals surface area contributed by atoms with Crippen molar-refractivity contribution in [3.05, 3.63) is 101 Å². The quantitative estimate of drug-likeness (QED) is 0.723. The van der Waals surface area contributed by atoms with Crippen LogP contribution in [0.3, 0.4) is 0 Å². The molecule has 0 atom stereocenters. The number of ether oxygens (including phenoxy) is 1. The van der Waals surface area contributed by atoms with Crippen LogP contribution in [0, 0.1) is 0 Å². The van der Waals surface area contributed by atoms with Crippen LogP contribution >= 0.6 is 0 Å². The largest absolute Gasteiger partial charge is 0.461 e. The van der Waals surface area contributed by atoms with Gasteiger partial charge >= 0.3 is 0 Å². The molecule has 1 heterocycles. The monoisotopic (exact) mass is 316 g/mol. The molecular formula is C22H22NO+. The summed E-state index contributed by atoms with van der Waals surface area (Å²) in [4.78, 5) is 0. The van der Waals surface area contributed by atoms with Crippen LogP contribution in [-0.4, -0.2) is 24.4 Å². The maximum Gasteiger partial charge on any atom is 0.199 e. The lowest BCUT2D eigenvalue weighted by molar-refractivity contribution is -0.462. The zero-order valence-electron chi connectivity index (χ0n) is 14.4. The van der Waals surface area contributed by atoms with Gasteiger partial charge in [0.1, 0.15) is 25.6 Å². The highest BCUT2D eigenvalue weighted by Gasteiger charge is 2.10. The van der Waals surface area contributed by atoms with Gasteiger partial charge in [-0.25, -0.2) is 4.58 Å². The van der Waals surface area contributed by atoms with Gasteiger partial charge in [-0.15, -0.1) is 0 Å². The SMILES string of the molecule is CC1=CC(=CC=C2C=CC(=[N+](C)C)C=C2)C=C(c2ccccc2)O1. The molecule has 0 amide bonds. The number of hydrogen-bond donors (Lipinski definition) is 0. The minimum atomic E-state index is 0.887. The normalized spacial score (nSPS) is 18.2. The molecule has 0 N–H and O–H groups in total. The lowest BCUT2D eigenvalue weighted by atomic mass is 10.0. The Balaban J connectivity index is 1.85. The summed E-state index contributed by atoms with van der Waals surface area (Å²) in [5.41, 5.74) is 4.61. The van der Waals surface area contributed by atoms with Crippen molar-refractivity contribution in [1.29, 1.82) is 0 Å². The molecular weight excluding hydrogens is 294 g/mol. The van der Waals surface area contributed by atoms with Crippen molar-refractivity contribution < 1.29 is 9.31 Å². The summed E-state index contributed by atoms with van der Waals surface area (Å²) in [5, 5.41) is 0. The molecule has 0 spiro atoms. The number of hydrogen-bond acceptors (Lipinski definition) is 1. The van der Waals surface area contributed by atoms with Crippen molar-refractivity contribution in [2.45, 2.75) is 6.92 Å². The number of rotatable bonds is 2. The van der Waals surface area contributed by atoms with Gasteiger partial charge in [0, 0.05) is 17.7 Å². The third kappa shape index (κ3) is 3.90. The zero-order chi connectivity index (χ0) is 16.9. The molecule has 1 aliphatic carbocycles. The molecule has 1 aromatic rings. The molecule has 0 aromatic heterocycles. The molecule has 2 nitrogen and oxygen atoms in total. The highest BCUT2D eigenvalue weighted by atomic mass is 16.5.